The summed E-state index contributed by atoms with van der Waals surface area (Å²) in [6.45, 7) is 8.11. The minimum absolute atomic E-state index is 0.412. The molecule has 0 amide bonds. The topological polar surface area (TPSA) is 44.5 Å². The molecule has 1 aliphatic rings. The smallest absolute Gasteiger partial charge is 0.456 e. The van der Waals surface area contributed by atoms with Crippen LogP contribution in [-0.2, 0) is 9.31 Å². The fourth-order valence-electron chi connectivity index (χ4n) is 2.85. The van der Waals surface area contributed by atoms with Crippen LogP contribution in [0, 0.1) is 0 Å². The molecule has 1 saturated heterocycles. The maximum Gasteiger partial charge on any atom is 0.515 e. The van der Waals surface area contributed by atoms with Crippen molar-refractivity contribution in [3.8, 4) is 0 Å². The van der Waals surface area contributed by atoms with Crippen molar-refractivity contribution in [3.63, 3.8) is 0 Å². The van der Waals surface area contributed by atoms with Crippen LogP contribution in [0.1, 0.15) is 27.7 Å². The Morgan fingerprint density at radius 1 is 1.00 bits per heavy atom. The molecule has 3 aromatic rings. The average molecular weight is 330 g/mol. The molecule has 118 valence electrons. The van der Waals surface area contributed by atoms with Crippen molar-refractivity contribution in [2.45, 2.75) is 38.9 Å². The molecule has 1 aliphatic heterocycles. The summed E-state index contributed by atoms with van der Waals surface area (Å²) in [5.74, 6) is 0. The Bertz CT molecular complexity index is 903. The second-order valence-electron chi connectivity index (χ2n) is 6.90. The molecular formula is C17H17BClNO3. The van der Waals surface area contributed by atoms with Crippen molar-refractivity contribution < 1.29 is 13.7 Å². The van der Waals surface area contributed by atoms with Crippen LogP contribution in [-0.4, -0.2) is 23.3 Å². The molecule has 4 rings (SSSR count). The van der Waals surface area contributed by atoms with E-state index in [1.165, 1.54) is 0 Å². The highest BCUT2D eigenvalue weighted by molar-refractivity contribution is 6.64. The Morgan fingerprint density at radius 3 is 2.39 bits per heavy atom. The van der Waals surface area contributed by atoms with Crippen LogP contribution in [0.5, 0.6) is 0 Å². The SMILES string of the molecule is CC1(C)OB(c2nccc3oc4cc(Cl)ccc4c23)OC1(C)C. The van der Waals surface area contributed by atoms with Crippen molar-refractivity contribution in [2.24, 2.45) is 0 Å². The van der Waals surface area contributed by atoms with E-state index in [0.717, 1.165) is 27.5 Å². The second kappa shape index (κ2) is 4.73. The summed E-state index contributed by atoms with van der Waals surface area (Å²) in [6, 6.07) is 7.45. The number of nitrogens with zero attached hydrogens (tertiary/aromatic N) is 1. The van der Waals surface area contributed by atoms with E-state index in [9.17, 15) is 0 Å². The van der Waals surface area contributed by atoms with Gasteiger partial charge in [0.25, 0.3) is 0 Å². The third-order valence-corrected chi connectivity index (χ3v) is 5.09. The molecule has 23 heavy (non-hydrogen) atoms. The summed E-state index contributed by atoms with van der Waals surface area (Å²) in [5, 5.41) is 2.52. The number of hydrogen-bond acceptors (Lipinski definition) is 4. The van der Waals surface area contributed by atoms with E-state index in [4.69, 9.17) is 25.3 Å². The molecule has 4 nitrogen and oxygen atoms in total. The summed E-state index contributed by atoms with van der Waals surface area (Å²) in [7, 11) is -0.528. The normalized spacial score (nSPS) is 19.8. The highest BCUT2D eigenvalue weighted by Crippen LogP contribution is 2.37. The first-order valence-corrected chi connectivity index (χ1v) is 7.99. The summed E-state index contributed by atoms with van der Waals surface area (Å²) in [5.41, 5.74) is 1.40. The lowest BCUT2D eigenvalue weighted by atomic mass is 9.81. The molecule has 3 heterocycles. The highest BCUT2D eigenvalue weighted by atomic mass is 35.5. The Balaban J connectivity index is 1.93. The number of halogens is 1. The molecule has 0 saturated carbocycles. The molecule has 0 radical (unpaired) electrons. The van der Waals surface area contributed by atoms with Gasteiger partial charge in [-0.15, -0.1) is 0 Å². The van der Waals surface area contributed by atoms with Crippen LogP contribution in [0.2, 0.25) is 5.02 Å². The minimum atomic E-state index is -0.528. The van der Waals surface area contributed by atoms with Crippen LogP contribution >= 0.6 is 11.6 Å². The highest BCUT2D eigenvalue weighted by Gasteiger charge is 2.53. The van der Waals surface area contributed by atoms with Crippen molar-refractivity contribution in [1.82, 2.24) is 4.98 Å². The van der Waals surface area contributed by atoms with E-state index in [1.54, 1.807) is 6.20 Å². The molecule has 6 heteroatoms. The van der Waals surface area contributed by atoms with Crippen LogP contribution in [0.4, 0.5) is 0 Å². The Labute approximate surface area is 139 Å². The molecule has 0 spiro atoms. The van der Waals surface area contributed by atoms with E-state index in [-0.39, 0.29) is 0 Å². The molecule has 0 aliphatic carbocycles. The van der Waals surface area contributed by atoms with Gasteiger partial charge in [0.15, 0.2) is 0 Å². The van der Waals surface area contributed by atoms with Gasteiger partial charge in [0.1, 0.15) is 11.2 Å². The van der Waals surface area contributed by atoms with Crippen molar-refractivity contribution in [2.75, 3.05) is 0 Å². The molecule has 1 aromatic carbocycles. The second-order valence-corrected chi connectivity index (χ2v) is 7.34. The Morgan fingerprint density at radius 2 is 1.70 bits per heavy atom. The number of pyridine rings is 1. The van der Waals surface area contributed by atoms with Gasteiger partial charge in [0.05, 0.1) is 16.8 Å². The molecule has 0 bridgehead atoms. The first-order chi connectivity index (χ1) is 10.8. The number of aromatic nitrogens is 1. The zero-order chi connectivity index (χ0) is 16.4. The third-order valence-electron chi connectivity index (χ3n) is 4.85. The molecule has 0 N–H and O–H groups in total. The molecule has 0 atom stereocenters. The monoisotopic (exact) mass is 329 g/mol. The first kappa shape index (κ1) is 15.0. The van der Waals surface area contributed by atoms with Crippen LogP contribution in [0.3, 0.4) is 0 Å². The summed E-state index contributed by atoms with van der Waals surface area (Å²) < 4.78 is 18.2. The summed E-state index contributed by atoms with van der Waals surface area (Å²) in [4.78, 5) is 4.52. The fraction of sp³-hybridized carbons (Fsp3) is 0.353. The van der Waals surface area contributed by atoms with E-state index < -0.39 is 18.3 Å². The summed E-state index contributed by atoms with van der Waals surface area (Å²) in [6.07, 6.45) is 1.71. The largest absolute Gasteiger partial charge is 0.515 e. The van der Waals surface area contributed by atoms with Crippen molar-refractivity contribution in [1.29, 1.82) is 0 Å². The van der Waals surface area contributed by atoms with Crippen LogP contribution in [0.25, 0.3) is 21.9 Å². The van der Waals surface area contributed by atoms with E-state index in [2.05, 4.69) is 4.98 Å². The quantitative estimate of drug-likeness (QED) is 0.634. The van der Waals surface area contributed by atoms with Gasteiger partial charge in [-0.25, -0.2) is 0 Å². The minimum Gasteiger partial charge on any atom is -0.456 e. The van der Waals surface area contributed by atoms with Gasteiger partial charge in [-0.1, -0.05) is 11.6 Å². The Kier molecular flexibility index (Phi) is 3.08. The van der Waals surface area contributed by atoms with Gasteiger partial charge in [0, 0.05) is 28.1 Å². The zero-order valence-electron chi connectivity index (χ0n) is 13.5. The van der Waals surface area contributed by atoms with Crippen LogP contribution < -0.4 is 5.59 Å². The fourth-order valence-corrected chi connectivity index (χ4v) is 3.02. The third kappa shape index (κ3) is 2.18. The van der Waals surface area contributed by atoms with Crippen molar-refractivity contribution in [3.05, 3.63) is 35.5 Å². The number of hydrogen-bond donors (Lipinski definition) is 0. The lowest BCUT2D eigenvalue weighted by molar-refractivity contribution is 0.00578. The van der Waals surface area contributed by atoms with Crippen molar-refractivity contribution >= 4 is 46.3 Å². The van der Waals surface area contributed by atoms with Gasteiger partial charge < -0.3 is 13.7 Å². The van der Waals surface area contributed by atoms with Crippen LogP contribution in [0.15, 0.2) is 34.9 Å². The maximum absolute atomic E-state index is 6.15. The first-order valence-electron chi connectivity index (χ1n) is 7.61. The number of fused-ring (bicyclic) bond motifs is 3. The average Bonchev–Trinajstić information content (AvgIpc) is 2.92. The maximum atomic E-state index is 6.15. The van der Waals surface area contributed by atoms with Gasteiger partial charge in [0.2, 0.25) is 0 Å². The van der Waals surface area contributed by atoms with E-state index in [0.29, 0.717) is 5.02 Å². The summed E-state index contributed by atoms with van der Waals surface area (Å²) >= 11 is 6.06. The molecule has 1 fully saturated rings. The van der Waals surface area contributed by atoms with Gasteiger partial charge >= 0.3 is 7.12 Å². The zero-order valence-corrected chi connectivity index (χ0v) is 14.3. The Hall–Kier alpha value is -1.56. The standard InChI is InChI=1S/C17H17BClNO3/c1-16(2)17(3,4)23-18(22-16)15-14-11-6-5-10(19)9-13(11)21-12(14)7-8-20-15/h5-9H,1-4H3. The molecule has 2 aromatic heterocycles. The number of rotatable bonds is 1. The number of furan rings is 1. The molecule has 0 unspecified atom stereocenters. The predicted molar refractivity (Wildman–Crippen MR) is 92.2 cm³/mol. The van der Waals surface area contributed by atoms with Gasteiger partial charge in [-0.05, 0) is 45.9 Å². The van der Waals surface area contributed by atoms with Gasteiger partial charge in [-0.3, -0.25) is 4.98 Å². The molecular weight excluding hydrogens is 312 g/mol. The van der Waals surface area contributed by atoms with Gasteiger partial charge in [-0.2, -0.15) is 0 Å². The lowest BCUT2D eigenvalue weighted by Gasteiger charge is -2.32. The number of benzene rings is 1. The van der Waals surface area contributed by atoms with E-state index in [1.807, 2.05) is 52.0 Å². The predicted octanol–water partition coefficient (Wildman–Crippen LogP) is 3.93. The lowest BCUT2D eigenvalue weighted by Crippen LogP contribution is -2.41. The van der Waals surface area contributed by atoms with E-state index >= 15 is 0 Å².